The Labute approximate surface area is 193 Å². The molecule has 3 aromatic carbocycles. The fourth-order valence-electron chi connectivity index (χ4n) is 3.70. The molecule has 0 radical (unpaired) electrons. The predicted molar refractivity (Wildman–Crippen MR) is 129 cm³/mol. The zero-order chi connectivity index (χ0) is 23.0. The normalized spacial score (nSPS) is 11.1. The third-order valence-corrected chi connectivity index (χ3v) is 5.33. The summed E-state index contributed by atoms with van der Waals surface area (Å²) in [5.74, 6) is 2.06. The standard InChI is InChI=1S/C27H29NO5/c1-3-30-22-12-11-19-16-21(10-9-20(19)17-22)27-28-24-14-13-23(18-25(24)33-27)32-15-7-5-6-8-26(29)31-4-2/h9-14,16-18H,3-8,15H2,1-2H3. The van der Waals surface area contributed by atoms with Crippen molar-refractivity contribution < 1.29 is 23.4 Å². The Morgan fingerprint density at radius 2 is 1.64 bits per heavy atom. The number of unbranched alkanes of at least 4 members (excludes halogenated alkanes) is 2. The van der Waals surface area contributed by atoms with Crippen molar-refractivity contribution in [3.8, 4) is 23.0 Å². The maximum absolute atomic E-state index is 11.4. The van der Waals surface area contributed by atoms with Gasteiger partial charge in [-0.15, -0.1) is 0 Å². The van der Waals surface area contributed by atoms with Crippen LogP contribution in [0.3, 0.4) is 0 Å². The monoisotopic (exact) mass is 447 g/mol. The van der Waals surface area contributed by atoms with E-state index < -0.39 is 0 Å². The summed E-state index contributed by atoms with van der Waals surface area (Å²) in [6.07, 6.45) is 3.07. The van der Waals surface area contributed by atoms with Gasteiger partial charge in [-0.2, -0.15) is 0 Å². The molecular weight excluding hydrogens is 418 g/mol. The summed E-state index contributed by atoms with van der Waals surface area (Å²) in [5, 5.41) is 2.21. The number of carbonyl (C=O) groups is 1. The van der Waals surface area contributed by atoms with Crippen LogP contribution in [0, 0.1) is 0 Å². The van der Waals surface area contributed by atoms with Gasteiger partial charge in [-0.3, -0.25) is 4.79 Å². The summed E-state index contributed by atoms with van der Waals surface area (Å²) < 4.78 is 22.4. The van der Waals surface area contributed by atoms with E-state index in [-0.39, 0.29) is 5.97 Å². The molecule has 0 spiro atoms. The molecule has 172 valence electrons. The summed E-state index contributed by atoms with van der Waals surface area (Å²) >= 11 is 0. The molecule has 6 heteroatoms. The number of ether oxygens (including phenoxy) is 3. The quantitative estimate of drug-likeness (QED) is 0.192. The number of oxazole rings is 1. The van der Waals surface area contributed by atoms with Crippen molar-refractivity contribution in [2.24, 2.45) is 0 Å². The van der Waals surface area contributed by atoms with Crippen molar-refractivity contribution in [2.75, 3.05) is 19.8 Å². The second-order valence-electron chi connectivity index (χ2n) is 7.77. The van der Waals surface area contributed by atoms with Gasteiger partial charge in [0.05, 0.1) is 19.8 Å². The van der Waals surface area contributed by atoms with Crippen LogP contribution in [0.5, 0.6) is 11.5 Å². The molecule has 1 aromatic heterocycles. The van der Waals surface area contributed by atoms with E-state index >= 15 is 0 Å². The lowest BCUT2D eigenvalue weighted by Crippen LogP contribution is -2.04. The van der Waals surface area contributed by atoms with E-state index in [0.717, 1.165) is 52.6 Å². The van der Waals surface area contributed by atoms with Crippen LogP contribution in [-0.4, -0.2) is 30.8 Å². The summed E-state index contributed by atoms with van der Waals surface area (Å²) in [4.78, 5) is 16.0. The zero-order valence-corrected chi connectivity index (χ0v) is 19.1. The predicted octanol–water partition coefficient (Wildman–Crippen LogP) is 6.55. The number of nitrogens with zero attached hydrogens (tertiary/aromatic N) is 1. The highest BCUT2D eigenvalue weighted by molar-refractivity contribution is 5.88. The Hall–Kier alpha value is -3.54. The number of benzene rings is 3. The van der Waals surface area contributed by atoms with E-state index in [1.807, 2.05) is 56.3 Å². The van der Waals surface area contributed by atoms with E-state index in [1.54, 1.807) is 0 Å². The summed E-state index contributed by atoms with van der Waals surface area (Å²) in [6, 6.07) is 17.9. The lowest BCUT2D eigenvalue weighted by Gasteiger charge is -2.06. The molecule has 0 saturated carbocycles. The molecule has 0 saturated heterocycles. The highest BCUT2D eigenvalue weighted by Gasteiger charge is 2.10. The summed E-state index contributed by atoms with van der Waals surface area (Å²) in [5.41, 5.74) is 2.40. The van der Waals surface area contributed by atoms with Gasteiger partial charge in [-0.1, -0.05) is 12.1 Å². The fraction of sp³-hybridized carbons (Fsp3) is 0.333. The lowest BCUT2D eigenvalue weighted by atomic mass is 10.1. The first-order valence-electron chi connectivity index (χ1n) is 11.5. The van der Waals surface area contributed by atoms with Gasteiger partial charge in [0.25, 0.3) is 0 Å². The summed E-state index contributed by atoms with van der Waals surface area (Å²) in [7, 11) is 0. The van der Waals surface area contributed by atoms with E-state index in [9.17, 15) is 4.79 Å². The zero-order valence-electron chi connectivity index (χ0n) is 19.1. The van der Waals surface area contributed by atoms with Gasteiger partial charge in [0, 0.05) is 18.1 Å². The molecule has 1 heterocycles. The minimum atomic E-state index is -0.133. The van der Waals surface area contributed by atoms with Crippen molar-refractivity contribution in [3.05, 3.63) is 54.6 Å². The van der Waals surface area contributed by atoms with Crippen LogP contribution in [0.4, 0.5) is 0 Å². The van der Waals surface area contributed by atoms with Crippen LogP contribution in [0.2, 0.25) is 0 Å². The molecule has 0 aliphatic carbocycles. The molecule has 0 N–H and O–H groups in total. The molecule has 4 aromatic rings. The van der Waals surface area contributed by atoms with Gasteiger partial charge >= 0.3 is 5.97 Å². The third-order valence-electron chi connectivity index (χ3n) is 5.33. The van der Waals surface area contributed by atoms with Crippen LogP contribution in [0.25, 0.3) is 33.3 Å². The fourth-order valence-corrected chi connectivity index (χ4v) is 3.70. The Kier molecular flexibility index (Phi) is 7.45. The van der Waals surface area contributed by atoms with E-state index in [1.165, 1.54) is 0 Å². The molecule has 0 fully saturated rings. The van der Waals surface area contributed by atoms with Crippen molar-refractivity contribution in [1.82, 2.24) is 4.98 Å². The number of esters is 1. The number of fused-ring (bicyclic) bond motifs is 2. The minimum Gasteiger partial charge on any atom is -0.494 e. The maximum Gasteiger partial charge on any atom is 0.305 e. The van der Waals surface area contributed by atoms with Gasteiger partial charge in [0.15, 0.2) is 5.58 Å². The second kappa shape index (κ2) is 10.9. The topological polar surface area (TPSA) is 70.8 Å². The first kappa shape index (κ1) is 22.6. The third kappa shape index (κ3) is 5.83. The number of hydrogen-bond acceptors (Lipinski definition) is 6. The van der Waals surface area contributed by atoms with Crippen molar-refractivity contribution in [3.63, 3.8) is 0 Å². The Balaban J connectivity index is 1.37. The van der Waals surface area contributed by atoms with Crippen LogP contribution in [0.15, 0.2) is 59.0 Å². The van der Waals surface area contributed by atoms with Crippen molar-refractivity contribution >= 4 is 27.8 Å². The van der Waals surface area contributed by atoms with Gasteiger partial charge in [0.1, 0.15) is 17.0 Å². The highest BCUT2D eigenvalue weighted by atomic mass is 16.5. The number of hydrogen-bond donors (Lipinski definition) is 0. The van der Waals surface area contributed by atoms with Gasteiger partial charge in [-0.05, 0) is 80.3 Å². The molecule has 0 aliphatic heterocycles. The first-order chi connectivity index (χ1) is 16.2. The second-order valence-corrected chi connectivity index (χ2v) is 7.77. The molecule has 0 atom stereocenters. The van der Waals surface area contributed by atoms with Crippen molar-refractivity contribution in [1.29, 1.82) is 0 Å². The minimum absolute atomic E-state index is 0.133. The Bertz CT molecular complexity index is 1230. The Morgan fingerprint density at radius 3 is 2.48 bits per heavy atom. The number of carbonyl (C=O) groups excluding carboxylic acids is 1. The lowest BCUT2D eigenvalue weighted by molar-refractivity contribution is -0.143. The number of aromatic nitrogens is 1. The smallest absolute Gasteiger partial charge is 0.305 e. The largest absolute Gasteiger partial charge is 0.494 e. The average Bonchev–Trinajstić information content (AvgIpc) is 3.25. The van der Waals surface area contributed by atoms with Gasteiger partial charge in [0.2, 0.25) is 5.89 Å². The summed E-state index contributed by atoms with van der Waals surface area (Å²) in [6.45, 7) is 5.47. The molecule has 33 heavy (non-hydrogen) atoms. The van der Waals surface area contributed by atoms with Gasteiger partial charge in [-0.25, -0.2) is 4.98 Å². The van der Waals surface area contributed by atoms with E-state index in [4.69, 9.17) is 18.6 Å². The van der Waals surface area contributed by atoms with Crippen LogP contribution in [-0.2, 0) is 9.53 Å². The Morgan fingerprint density at radius 1 is 0.848 bits per heavy atom. The SMILES string of the molecule is CCOC(=O)CCCCCOc1ccc2nc(-c3ccc4cc(OCC)ccc4c3)oc2c1. The molecule has 0 bridgehead atoms. The molecule has 0 aliphatic rings. The van der Waals surface area contributed by atoms with E-state index in [0.29, 0.717) is 37.7 Å². The molecule has 4 rings (SSSR count). The van der Waals surface area contributed by atoms with Crippen LogP contribution >= 0.6 is 0 Å². The average molecular weight is 448 g/mol. The molecular formula is C27H29NO5. The van der Waals surface area contributed by atoms with Crippen LogP contribution in [0.1, 0.15) is 39.5 Å². The molecule has 0 unspecified atom stereocenters. The maximum atomic E-state index is 11.4. The highest BCUT2D eigenvalue weighted by Crippen LogP contribution is 2.30. The van der Waals surface area contributed by atoms with Crippen LogP contribution < -0.4 is 9.47 Å². The van der Waals surface area contributed by atoms with E-state index in [2.05, 4.69) is 17.1 Å². The van der Waals surface area contributed by atoms with Crippen molar-refractivity contribution in [2.45, 2.75) is 39.5 Å². The number of rotatable bonds is 11. The van der Waals surface area contributed by atoms with Gasteiger partial charge < -0.3 is 18.6 Å². The molecule has 6 nitrogen and oxygen atoms in total. The first-order valence-corrected chi connectivity index (χ1v) is 11.5. The molecule has 0 amide bonds.